The van der Waals surface area contributed by atoms with E-state index in [4.69, 9.17) is 17.3 Å². The molecule has 0 amide bonds. The van der Waals surface area contributed by atoms with Crippen molar-refractivity contribution in [3.8, 4) is 0 Å². The highest BCUT2D eigenvalue weighted by atomic mass is 35.5. The first kappa shape index (κ1) is 7.69. The van der Waals surface area contributed by atoms with Crippen molar-refractivity contribution in [2.45, 2.75) is 4.90 Å². The van der Waals surface area contributed by atoms with E-state index in [1.165, 1.54) is 11.8 Å². The summed E-state index contributed by atoms with van der Waals surface area (Å²) < 4.78 is 0. The summed E-state index contributed by atoms with van der Waals surface area (Å²) in [5.41, 5.74) is 6.12. The molecule has 0 fully saturated rings. The molecule has 2 N–H and O–H groups in total. The molecule has 0 spiro atoms. The van der Waals surface area contributed by atoms with E-state index in [0.717, 1.165) is 4.90 Å². The molecule has 1 rings (SSSR count). The van der Waals surface area contributed by atoms with Gasteiger partial charge in [-0.2, -0.15) is 0 Å². The summed E-state index contributed by atoms with van der Waals surface area (Å²) in [6.45, 7) is 0. The van der Waals surface area contributed by atoms with Gasteiger partial charge in [-0.25, -0.2) is 4.98 Å². The van der Waals surface area contributed by atoms with E-state index in [2.05, 4.69) is 4.98 Å². The predicted octanol–water partition coefficient (Wildman–Crippen LogP) is 2.04. The Morgan fingerprint density at radius 3 is 2.90 bits per heavy atom. The molecule has 10 heavy (non-hydrogen) atoms. The summed E-state index contributed by atoms with van der Waals surface area (Å²) in [6.07, 6.45) is 3.48. The van der Waals surface area contributed by atoms with Gasteiger partial charge in [0.1, 0.15) is 5.15 Å². The quantitative estimate of drug-likeness (QED) is 0.523. The molecular weight excluding hydrogens is 168 g/mol. The second-order valence-corrected chi connectivity index (χ2v) is 2.97. The van der Waals surface area contributed by atoms with Crippen LogP contribution in [-0.2, 0) is 0 Å². The number of thioether (sulfide) groups is 1. The third kappa shape index (κ3) is 1.55. The second kappa shape index (κ2) is 3.12. The maximum Gasteiger partial charge on any atom is 0.142 e. The molecular formula is C6H7ClN2S. The summed E-state index contributed by atoms with van der Waals surface area (Å²) in [5, 5.41) is 0.515. The molecule has 0 aliphatic carbocycles. The number of nitrogens with zero attached hydrogens (tertiary/aromatic N) is 1. The van der Waals surface area contributed by atoms with Gasteiger partial charge in [-0.1, -0.05) is 11.6 Å². The smallest absolute Gasteiger partial charge is 0.142 e. The topological polar surface area (TPSA) is 38.9 Å². The maximum absolute atomic E-state index is 5.71. The van der Waals surface area contributed by atoms with Crippen molar-refractivity contribution in [2.24, 2.45) is 0 Å². The number of aromatic nitrogens is 1. The Balaban J connectivity index is 3.09. The molecule has 0 aromatic carbocycles. The lowest BCUT2D eigenvalue weighted by Crippen LogP contribution is -1.87. The van der Waals surface area contributed by atoms with Crippen molar-refractivity contribution in [1.82, 2.24) is 4.98 Å². The number of pyridine rings is 1. The van der Waals surface area contributed by atoms with Crippen LogP contribution in [0.1, 0.15) is 0 Å². The highest BCUT2D eigenvalue weighted by Gasteiger charge is 1.98. The molecule has 0 bridgehead atoms. The molecule has 1 aromatic heterocycles. The van der Waals surface area contributed by atoms with Gasteiger partial charge in [0.15, 0.2) is 0 Å². The lowest BCUT2D eigenvalue weighted by atomic mass is 10.4. The molecule has 0 unspecified atom stereocenters. The standard InChI is InChI=1S/C6H7ClN2S/c1-10-5-2-4(8)3-9-6(5)7/h2-3H,8H2,1H3. The number of nitrogens with two attached hydrogens (primary N) is 1. The number of anilines is 1. The van der Waals surface area contributed by atoms with E-state index in [1.54, 1.807) is 12.3 Å². The number of hydrogen-bond acceptors (Lipinski definition) is 3. The summed E-state index contributed by atoms with van der Waals surface area (Å²) >= 11 is 7.24. The van der Waals surface area contributed by atoms with Crippen LogP contribution >= 0.6 is 23.4 Å². The predicted molar refractivity (Wildman–Crippen MR) is 45.4 cm³/mol. The average molecular weight is 175 g/mol. The third-order valence-electron chi connectivity index (χ3n) is 1.05. The summed E-state index contributed by atoms with van der Waals surface area (Å²) in [5.74, 6) is 0. The fourth-order valence-corrected chi connectivity index (χ4v) is 1.40. The third-order valence-corrected chi connectivity index (χ3v) is 2.21. The van der Waals surface area contributed by atoms with Crippen LogP contribution in [0.4, 0.5) is 5.69 Å². The van der Waals surface area contributed by atoms with Gasteiger partial charge in [-0.15, -0.1) is 11.8 Å². The molecule has 2 nitrogen and oxygen atoms in total. The Labute approximate surface area is 68.8 Å². The summed E-state index contributed by atoms with van der Waals surface area (Å²) in [7, 11) is 0. The lowest BCUT2D eigenvalue weighted by molar-refractivity contribution is 1.24. The van der Waals surface area contributed by atoms with Crippen molar-refractivity contribution in [1.29, 1.82) is 0 Å². The van der Waals surface area contributed by atoms with Crippen molar-refractivity contribution >= 4 is 29.1 Å². The van der Waals surface area contributed by atoms with E-state index in [-0.39, 0.29) is 0 Å². The van der Waals surface area contributed by atoms with Gasteiger partial charge < -0.3 is 5.73 Å². The minimum Gasteiger partial charge on any atom is -0.397 e. The van der Waals surface area contributed by atoms with Gasteiger partial charge in [0.2, 0.25) is 0 Å². The lowest BCUT2D eigenvalue weighted by Gasteiger charge is -1.98. The van der Waals surface area contributed by atoms with Crippen LogP contribution in [0.2, 0.25) is 5.15 Å². The zero-order valence-corrected chi connectivity index (χ0v) is 7.04. The number of halogens is 1. The summed E-state index contributed by atoms with van der Waals surface area (Å²) in [6, 6.07) is 1.81. The van der Waals surface area contributed by atoms with Crippen molar-refractivity contribution in [3.63, 3.8) is 0 Å². The fourth-order valence-electron chi connectivity index (χ4n) is 0.586. The van der Waals surface area contributed by atoms with Crippen LogP contribution in [0.25, 0.3) is 0 Å². The van der Waals surface area contributed by atoms with Crippen molar-refractivity contribution in [2.75, 3.05) is 12.0 Å². The normalized spacial score (nSPS) is 9.80. The van der Waals surface area contributed by atoms with Crippen LogP contribution < -0.4 is 5.73 Å². The van der Waals surface area contributed by atoms with Gasteiger partial charge in [0.05, 0.1) is 11.9 Å². The van der Waals surface area contributed by atoms with Gasteiger partial charge >= 0.3 is 0 Å². The largest absolute Gasteiger partial charge is 0.397 e. The van der Waals surface area contributed by atoms with Crippen LogP contribution in [0.15, 0.2) is 17.2 Å². The zero-order valence-electron chi connectivity index (χ0n) is 5.47. The van der Waals surface area contributed by atoms with Crippen LogP contribution in [-0.4, -0.2) is 11.2 Å². The van der Waals surface area contributed by atoms with E-state index < -0.39 is 0 Å². The molecule has 4 heteroatoms. The first-order chi connectivity index (χ1) is 4.74. The Morgan fingerprint density at radius 1 is 1.70 bits per heavy atom. The molecule has 0 aliphatic heterocycles. The Bertz CT molecular complexity index is 239. The Morgan fingerprint density at radius 2 is 2.40 bits per heavy atom. The van der Waals surface area contributed by atoms with Crippen molar-refractivity contribution in [3.05, 3.63) is 17.4 Å². The van der Waals surface area contributed by atoms with Crippen LogP contribution in [0, 0.1) is 0 Å². The van der Waals surface area contributed by atoms with Crippen LogP contribution in [0.3, 0.4) is 0 Å². The molecule has 0 aliphatic rings. The maximum atomic E-state index is 5.71. The van der Waals surface area contributed by atoms with Gasteiger partial charge in [0, 0.05) is 4.90 Å². The molecule has 1 aromatic rings. The van der Waals surface area contributed by atoms with Gasteiger partial charge in [-0.05, 0) is 12.3 Å². The Hall–Kier alpha value is -0.410. The van der Waals surface area contributed by atoms with E-state index in [1.807, 2.05) is 6.26 Å². The Kier molecular flexibility index (Phi) is 2.40. The SMILES string of the molecule is CSc1cc(N)cnc1Cl. The monoisotopic (exact) mass is 174 g/mol. The van der Waals surface area contributed by atoms with Gasteiger partial charge in [0.25, 0.3) is 0 Å². The van der Waals surface area contributed by atoms with E-state index in [0.29, 0.717) is 10.8 Å². The molecule has 54 valence electrons. The highest BCUT2D eigenvalue weighted by Crippen LogP contribution is 2.24. The summed E-state index contributed by atoms with van der Waals surface area (Å²) in [4.78, 5) is 4.79. The number of nitrogen functional groups attached to an aromatic ring is 1. The first-order valence-corrected chi connectivity index (χ1v) is 4.29. The van der Waals surface area contributed by atoms with Gasteiger partial charge in [-0.3, -0.25) is 0 Å². The minimum absolute atomic E-state index is 0.515. The zero-order chi connectivity index (χ0) is 7.56. The second-order valence-electron chi connectivity index (χ2n) is 1.76. The molecule has 0 saturated carbocycles. The number of rotatable bonds is 1. The fraction of sp³-hybridized carbons (Fsp3) is 0.167. The molecule has 0 saturated heterocycles. The average Bonchev–Trinajstić information content (AvgIpc) is 1.94. The minimum atomic E-state index is 0.515. The number of hydrogen-bond donors (Lipinski definition) is 1. The molecule has 1 heterocycles. The van der Waals surface area contributed by atoms with Crippen LogP contribution in [0.5, 0.6) is 0 Å². The molecule has 0 atom stereocenters. The van der Waals surface area contributed by atoms with Crippen molar-refractivity contribution < 1.29 is 0 Å². The van der Waals surface area contributed by atoms with E-state index in [9.17, 15) is 0 Å². The highest BCUT2D eigenvalue weighted by molar-refractivity contribution is 7.98. The van der Waals surface area contributed by atoms with E-state index >= 15 is 0 Å². The first-order valence-electron chi connectivity index (χ1n) is 2.69. The molecule has 0 radical (unpaired) electrons.